The molecule has 3 N–H and O–H groups in total. The van der Waals surface area contributed by atoms with Crippen LogP contribution in [0.1, 0.15) is 0 Å². The minimum absolute atomic E-state index is 0.108. The number of halogens is 3. The van der Waals surface area contributed by atoms with E-state index in [4.69, 9.17) is 22.1 Å². The number of benzene rings is 2. The van der Waals surface area contributed by atoms with E-state index in [9.17, 15) is 4.79 Å². The van der Waals surface area contributed by atoms with Crippen molar-refractivity contribution in [3.05, 3.63) is 50.4 Å². The molecule has 0 aliphatic rings. The zero-order chi connectivity index (χ0) is 15.4. The molecule has 0 saturated heterocycles. The summed E-state index contributed by atoms with van der Waals surface area (Å²) in [5.41, 5.74) is 6.65. The number of rotatable bonds is 4. The summed E-state index contributed by atoms with van der Waals surface area (Å²) >= 11 is 12.5. The van der Waals surface area contributed by atoms with Crippen LogP contribution >= 0.6 is 43.5 Å². The molecular formula is C14H11Br2ClN2O2. The van der Waals surface area contributed by atoms with E-state index in [0.29, 0.717) is 22.1 Å². The molecule has 0 fully saturated rings. The van der Waals surface area contributed by atoms with Crippen LogP contribution in [0.4, 0.5) is 11.4 Å². The summed E-state index contributed by atoms with van der Waals surface area (Å²) in [5.74, 6) is 0.301. The fraction of sp³-hybridized carbons (Fsp3) is 0.0714. The quantitative estimate of drug-likeness (QED) is 0.698. The third kappa shape index (κ3) is 4.62. The van der Waals surface area contributed by atoms with Crippen LogP contribution < -0.4 is 15.8 Å². The van der Waals surface area contributed by atoms with E-state index >= 15 is 0 Å². The first-order valence-corrected chi connectivity index (χ1v) is 7.85. The normalized spacial score (nSPS) is 10.2. The molecule has 0 bridgehead atoms. The van der Waals surface area contributed by atoms with Gasteiger partial charge in [0, 0.05) is 10.2 Å². The molecule has 0 saturated carbocycles. The Morgan fingerprint density at radius 2 is 2.00 bits per heavy atom. The Labute approximate surface area is 143 Å². The lowest BCUT2D eigenvalue weighted by molar-refractivity contribution is -0.118. The van der Waals surface area contributed by atoms with E-state index in [2.05, 4.69) is 37.2 Å². The number of ether oxygens (including phenoxy) is 1. The summed E-state index contributed by atoms with van der Waals surface area (Å²) in [6, 6.07) is 10.3. The van der Waals surface area contributed by atoms with Gasteiger partial charge in [-0.05, 0) is 52.3 Å². The molecule has 7 heteroatoms. The molecule has 2 rings (SSSR count). The van der Waals surface area contributed by atoms with Gasteiger partial charge in [0.25, 0.3) is 5.91 Å². The van der Waals surface area contributed by atoms with E-state index in [0.717, 1.165) is 8.95 Å². The Morgan fingerprint density at radius 3 is 2.67 bits per heavy atom. The third-order valence-corrected chi connectivity index (χ3v) is 3.99. The van der Waals surface area contributed by atoms with Crippen LogP contribution in [0.15, 0.2) is 45.3 Å². The largest absolute Gasteiger partial charge is 0.483 e. The minimum atomic E-state index is -0.286. The zero-order valence-corrected chi connectivity index (χ0v) is 14.6. The maximum Gasteiger partial charge on any atom is 0.262 e. The van der Waals surface area contributed by atoms with E-state index in [1.54, 1.807) is 24.3 Å². The van der Waals surface area contributed by atoms with Crippen LogP contribution in [0.3, 0.4) is 0 Å². The van der Waals surface area contributed by atoms with Crippen molar-refractivity contribution < 1.29 is 9.53 Å². The second-order valence-electron chi connectivity index (χ2n) is 4.15. The van der Waals surface area contributed by atoms with Gasteiger partial charge in [0.1, 0.15) is 5.75 Å². The Morgan fingerprint density at radius 1 is 1.24 bits per heavy atom. The fourth-order valence-electron chi connectivity index (χ4n) is 1.55. The third-order valence-electron chi connectivity index (χ3n) is 2.53. The highest BCUT2D eigenvalue weighted by molar-refractivity contribution is 9.11. The van der Waals surface area contributed by atoms with E-state index < -0.39 is 0 Å². The molecule has 0 aromatic heterocycles. The molecular weight excluding hydrogens is 423 g/mol. The average molecular weight is 435 g/mol. The van der Waals surface area contributed by atoms with Gasteiger partial charge < -0.3 is 15.8 Å². The molecule has 4 nitrogen and oxygen atoms in total. The maximum absolute atomic E-state index is 11.8. The lowest BCUT2D eigenvalue weighted by Gasteiger charge is -2.10. The summed E-state index contributed by atoms with van der Waals surface area (Å²) in [6.07, 6.45) is 0. The van der Waals surface area contributed by atoms with Gasteiger partial charge in [-0.15, -0.1) is 0 Å². The van der Waals surface area contributed by atoms with Crippen LogP contribution in [-0.2, 0) is 4.79 Å². The second-order valence-corrected chi connectivity index (χ2v) is 6.33. The zero-order valence-electron chi connectivity index (χ0n) is 10.7. The highest BCUT2D eigenvalue weighted by Crippen LogP contribution is 2.28. The smallest absolute Gasteiger partial charge is 0.262 e. The molecule has 0 unspecified atom stereocenters. The van der Waals surface area contributed by atoms with Crippen LogP contribution in [-0.4, -0.2) is 12.5 Å². The Kier molecular flexibility index (Phi) is 5.50. The van der Waals surface area contributed by atoms with Crippen molar-refractivity contribution in [2.24, 2.45) is 0 Å². The van der Waals surface area contributed by atoms with Gasteiger partial charge in [0.2, 0.25) is 0 Å². The van der Waals surface area contributed by atoms with E-state index in [-0.39, 0.29) is 12.5 Å². The van der Waals surface area contributed by atoms with Crippen molar-refractivity contribution in [2.45, 2.75) is 0 Å². The number of carbonyl (C=O) groups excluding carboxylic acids is 1. The van der Waals surface area contributed by atoms with Crippen molar-refractivity contribution in [1.29, 1.82) is 0 Å². The summed E-state index contributed by atoms with van der Waals surface area (Å²) in [7, 11) is 0. The number of carbonyl (C=O) groups is 1. The number of amides is 1. The first kappa shape index (κ1) is 16.1. The van der Waals surface area contributed by atoms with Crippen molar-refractivity contribution in [2.75, 3.05) is 17.7 Å². The van der Waals surface area contributed by atoms with E-state index in [1.165, 1.54) is 0 Å². The highest BCUT2D eigenvalue weighted by atomic mass is 79.9. The average Bonchev–Trinajstić information content (AvgIpc) is 2.42. The number of nitrogens with one attached hydrogen (secondary N) is 1. The molecule has 0 spiro atoms. The fourth-order valence-corrected chi connectivity index (χ4v) is 2.83. The SMILES string of the molecule is Nc1cc(NC(=O)COc2ccc(Br)cc2Br)ccc1Cl. The predicted molar refractivity (Wildman–Crippen MR) is 91.8 cm³/mol. The van der Waals surface area contributed by atoms with Crippen LogP contribution in [0, 0.1) is 0 Å². The van der Waals surface area contributed by atoms with Gasteiger partial charge in [-0.3, -0.25) is 4.79 Å². The molecule has 0 atom stereocenters. The highest BCUT2D eigenvalue weighted by Gasteiger charge is 2.07. The topological polar surface area (TPSA) is 64.3 Å². The predicted octanol–water partition coefficient (Wildman–Crippen LogP) is 4.46. The molecule has 21 heavy (non-hydrogen) atoms. The minimum Gasteiger partial charge on any atom is -0.483 e. The summed E-state index contributed by atoms with van der Waals surface area (Å²) in [6.45, 7) is -0.108. The van der Waals surface area contributed by atoms with Gasteiger partial charge in [-0.2, -0.15) is 0 Å². The monoisotopic (exact) mass is 432 g/mol. The molecule has 0 aliphatic carbocycles. The van der Waals surface area contributed by atoms with Crippen molar-refractivity contribution in [1.82, 2.24) is 0 Å². The van der Waals surface area contributed by atoms with Crippen molar-refractivity contribution >= 4 is 60.7 Å². The Balaban J connectivity index is 1.94. The van der Waals surface area contributed by atoms with Gasteiger partial charge >= 0.3 is 0 Å². The number of hydrogen-bond donors (Lipinski definition) is 2. The lowest BCUT2D eigenvalue weighted by Crippen LogP contribution is -2.20. The van der Waals surface area contributed by atoms with Gasteiger partial charge in [0.15, 0.2) is 6.61 Å². The number of nitrogens with two attached hydrogens (primary N) is 1. The molecule has 0 aliphatic heterocycles. The lowest BCUT2D eigenvalue weighted by atomic mass is 10.3. The first-order valence-electron chi connectivity index (χ1n) is 5.88. The number of anilines is 2. The molecule has 110 valence electrons. The Hall–Kier alpha value is -1.24. The van der Waals surface area contributed by atoms with Gasteiger partial charge in [-0.1, -0.05) is 27.5 Å². The summed E-state index contributed by atoms with van der Waals surface area (Å²) in [4.78, 5) is 11.8. The first-order chi connectivity index (χ1) is 9.95. The summed E-state index contributed by atoms with van der Waals surface area (Å²) in [5, 5.41) is 3.13. The number of hydrogen-bond acceptors (Lipinski definition) is 3. The van der Waals surface area contributed by atoms with Gasteiger partial charge in [0.05, 0.1) is 15.2 Å². The second kappa shape index (κ2) is 7.15. The maximum atomic E-state index is 11.8. The molecule has 0 radical (unpaired) electrons. The van der Waals surface area contributed by atoms with Crippen LogP contribution in [0.2, 0.25) is 5.02 Å². The van der Waals surface area contributed by atoms with Crippen molar-refractivity contribution in [3.8, 4) is 5.75 Å². The van der Waals surface area contributed by atoms with E-state index in [1.807, 2.05) is 12.1 Å². The molecule has 2 aromatic carbocycles. The Bertz CT molecular complexity index is 680. The van der Waals surface area contributed by atoms with Crippen LogP contribution in [0.5, 0.6) is 5.75 Å². The molecule has 1 amide bonds. The summed E-state index contributed by atoms with van der Waals surface area (Å²) < 4.78 is 7.13. The van der Waals surface area contributed by atoms with Gasteiger partial charge in [-0.25, -0.2) is 0 Å². The van der Waals surface area contributed by atoms with Crippen molar-refractivity contribution in [3.63, 3.8) is 0 Å². The number of nitrogen functional groups attached to an aromatic ring is 1. The van der Waals surface area contributed by atoms with Crippen LogP contribution in [0.25, 0.3) is 0 Å². The molecule has 0 heterocycles. The standard InChI is InChI=1S/C14H11Br2ClN2O2/c15-8-1-4-13(10(16)5-8)21-7-14(20)19-9-2-3-11(17)12(18)6-9/h1-6H,7,18H2,(H,19,20). The molecule has 2 aromatic rings.